The monoisotopic (exact) mass is 299 g/mol. The second-order valence-electron chi connectivity index (χ2n) is 5.19. The lowest BCUT2D eigenvalue weighted by Gasteiger charge is -2.10. The van der Waals surface area contributed by atoms with Gasteiger partial charge in [-0.05, 0) is 37.1 Å². The number of aryl methyl sites for hydroxylation is 2. The van der Waals surface area contributed by atoms with Crippen LogP contribution in [0.5, 0.6) is 5.75 Å². The number of rotatable bonds is 1. The van der Waals surface area contributed by atoms with Crippen LogP contribution in [0, 0.1) is 13.8 Å². The summed E-state index contributed by atoms with van der Waals surface area (Å²) in [5, 5.41) is 11.7. The maximum atomic E-state index is 12.3. The molecule has 21 heavy (non-hydrogen) atoms. The number of benzene rings is 2. The Morgan fingerprint density at radius 3 is 2.62 bits per heavy atom. The summed E-state index contributed by atoms with van der Waals surface area (Å²) in [4.78, 5) is 15.1. The first-order valence-corrected chi connectivity index (χ1v) is 6.97. The van der Waals surface area contributed by atoms with Crippen LogP contribution in [0.2, 0.25) is 5.02 Å². The van der Waals surface area contributed by atoms with Gasteiger partial charge < -0.3 is 10.1 Å². The number of hydrogen-bond acceptors (Lipinski definition) is 2. The summed E-state index contributed by atoms with van der Waals surface area (Å²) < 4.78 is 0. The van der Waals surface area contributed by atoms with E-state index < -0.39 is 0 Å². The third kappa shape index (κ3) is 2.30. The molecule has 106 valence electrons. The fraction of sp³-hybridized carbons (Fsp3) is 0.118. The Bertz CT molecular complexity index is 913. The van der Waals surface area contributed by atoms with Crippen molar-refractivity contribution < 1.29 is 5.11 Å². The zero-order valence-corrected chi connectivity index (χ0v) is 12.5. The summed E-state index contributed by atoms with van der Waals surface area (Å²) in [5.41, 5.74) is 3.06. The number of nitrogens with one attached hydrogen (secondary N) is 1. The number of aromatic amines is 1. The summed E-state index contributed by atoms with van der Waals surface area (Å²) in [7, 11) is 0. The average Bonchev–Trinajstić information content (AvgIpc) is 2.41. The highest BCUT2D eigenvalue weighted by molar-refractivity contribution is 6.32. The number of H-pyrrole nitrogens is 1. The van der Waals surface area contributed by atoms with Crippen molar-refractivity contribution in [2.45, 2.75) is 13.8 Å². The smallest absolute Gasteiger partial charge is 0.260 e. The predicted octanol–water partition coefficient (Wildman–Crippen LogP) is 4.17. The van der Waals surface area contributed by atoms with E-state index in [0.29, 0.717) is 21.5 Å². The Hall–Kier alpha value is -2.26. The van der Waals surface area contributed by atoms with Gasteiger partial charge >= 0.3 is 0 Å². The molecule has 0 aliphatic carbocycles. The van der Waals surface area contributed by atoms with Crippen LogP contribution in [0.3, 0.4) is 0 Å². The second-order valence-corrected chi connectivity index (χ2v) is 5.60. The van der Waals surface area contributed by atoms with Crippen LogP contribution in [0.25, 0.3) is 22.0 Å². The van der Waals surface area contributed by atoms with Crippen molar-refractivity contribution in [3.63, 3.8) is 0 Å². The van der Waals surface area contributed by atoms with E-state index in [9.17, 15) is 9.90 Å². The number of hydrogen-bond donors (Lipinski definition) is 2. The van der Waals surface area contributed by atoms with Crippen LogP contribution in [0.4, 0.5) is 0 Å². The quantitative estimate of drug-likeness (QED) is 0.708. The van der Waals surface area contributed by atoms with E-state index in [1.165, 1.54) is 0 Å². The molecule has 0 radical (unpaired) electrons. The lowest BCUT2D eigenvalue weighted by Crippen LogP contribution is -2.09. The van der Waals surface area contributed by atoms with Crippen LogP contribution in [-0.2, 0) is 0 Å². The molecule has 0 aliphatic rings. The molecule has 0 atom stereocenters. The molecule has 2 N–H and O–H groups in total. The lowest BCUT2D eigenvalue weighted by molar-refractivity contribution is 0.482. The zero-order chi connectivity index (χ0) is 15.1. The van der Waals surface area contributed by atoms with Crippen molar-refractivity contribution in [1.29, 1.82) is 0 Å². The molecule has 0 amide bonds. The van der Waals surface area contributed by atoms with Crippen LogP contribution in [0.1, 0.15) is 11.1 Å². The molecule has 4 heteroatoms. The van der Waals surface area contributed by atoms with Gasteiger partial charge in [0.25, 0.3) is 5.56 Å². The SMILES string of the molecule is Cc1cccc(-c2c(O)c3cc(C)c(Cl)cc3[nH]c2=O)c1. The molecular weight excluding hydrogens is 286 g/mol. The largest absolute Gasteiger partial charge is 0.506 e. The Morgan fingerprint density at radius 2 is 1.90 bits per heavy atom. The Kier molecular flexibility index (Phi) is 3.22. The minimum atomic E-state index is -0.328. The number of pyridine rings is 1. The summed E-state index contributed by atoms with van der Waals surface area (Å²) in [6, 6.07) is 10.9. The molecule has 1 aromatic heterocycles. The van der Waals surface area contributed by atoms with Crippen LogP contribution in [0.15, 0.2) is 41.2 Å². The molecule has 0 aliphatic heterocycles. The minimum Gasteiger partial charge on any atom is -0.506 e. The van der Waals surface area contributed by atoms with Crippen molar-refractivity contribution in [3.8, 4) is 16.9 Å². The molecule has 1 heterocycles. The Labute approximate surface area is 126 Å². The van der Waals surface area contributed by atoms with Gasteiger partial charge in [-0.1, -0.05) is 41.4 Å². The third-order valence-corrected chi connectivity index (χ3v) is 3.98. The zero-order valence-electron chi connectivity index (χ0n) is 11.7. The van der Waals surface area contributed by atoms with E-state index in [0.717, 1.165) is 11.1 Å². The van der Waals surface area contributed by atoms with E-state index in [-0.39, 0.29) is 16.9 Å². The van der Waals surface area contributed by atoms with E-state index in [1.807, 2.05) is 38.1 Å². The summed E-state index contributed by atoms with van der Waals surface area (Å²) in [6.07, 6.45) is 0. The normalized spacial score (nSPS) is 11.0. The number of aromatic hydroxyl groups is 1. The molecule has 0 unspecified atom stereocenters. The summed E-state index contributed by atoms with van der Waals surface area (Å²) in [6.45, 7) is 3.80. The molecule has 0 saturated heterocycles. The van der Waals surface area contributed by atoms with E-state index >= 15 is 0 Å². The van der Waals surface area contributed by atoms with Gasteiger partial charge in [-0.15, -0.1) is 0 Å². The van der Waals surface area contributed by atoms with Gasteiger partial charge in [0.05, 0.1) is 11.1 Å². The molecule has 3 rings (SSSR count). The van der Waals surface area contributed by atoms with Crippen LogP contribution < -0.4 is 5.56 Å². The van der Waals surface area contributed by atoms with Gasteiger partial charge in [0.15, 0.2) is 0 Å². The third-order valence-electron chi connectivity index (χ3n) is 3.57. The maximum Gasteiger partial charge on any atom is 0.260 e. The van der Waals surface area contributed by atoms with Gasteiger partial charge in [0.1, 0.15) is 5.75 Å². The van der Waals surface area contributed by atoms with Crippen molar-refractivity contribution in [3.05, 3.63) is 62.9 Å². The molecule has 0 fully saturated rings. The average molecular weight is 300 g/mol. The maximum absolute atomic E-state index is 12.3. The fourth-order valence-corrected chi connectivity index (χ4v) is 2.64. The summed E-state index contributed by atoms with van der Waals surface area (Å²) >= 11 is 6.07. The molecule has 3 aromatic rings. The highest BCUT2D eigenvalue weighted by atomic mass is 35.5. The summed E-state index contributed by atoms with van der Waals surface area (Å²) in [5.74, 6) is -0.0147. The Morgan fingerprint density at radius 1 is 1.14 bits per heavy atom. The number of halogens is 1. The van der Waals surface area contributed by atoms with E-state index in [2.05, 4.69) is 4.98 Å². The predicted molar refractivity (Wildman–Crippen MR) is 86.2 cm³/mol. The molecular formula is C17H14ClNO2. The topological polar surface area (TPSA) is 53.1 Å². The van der Waals surface area contributed by atoms with E-state index in [1.54, 1.807) is 12.1 Å². The van der Waals surface area contributed by atoms with Crippen molar-refractivity contribution in [1.82, 2.24) is 4.98 Å². The molecule has 0 spiro atoms. The number of fused-ring (bicyclic) bond motifs is 1. The lowest BCUT2D eigenvalue weighted by atomic mass is 10.0. The van der Waals surface area contributed by atoms with Crippen LogP contribution in [-0.4, -0.2) is 10.1 Å². The first-order valence-electron chi connectivity index (χ1n) is 6.59. The molecule has 0 saturated carbocycles. The fourth-order valence-electron chi connectivity index (χ4n) is 2.48. The molecule has 2 aromatic carbocycles. The van der Waals surface area contributed by atoms with Gasteiger partial charge in [0.2, 0.25) is 0 Å². The molecule has 0 bridgehead atoms. The highest BCUT2D eigenvalue weighted by Crippen LogP contribution is 2.34. The Balaban J connectivity index is 2.39. The van der Waals surface area contributed by atoms with Crippen molar-refractivity contribution in [2.24, 2.45) is 0 Å². The van der Waals surface area contributed by atoms with E-state index in [4.69, 9.17) is 11.6 Å². The standard InChI is InChI=1S/C17H14ClNO2/c1-9-4-3-5-11(6-9)15-16(20)12-7-10(2)13(18)8-14(12)19-17(15)21/h3-8H,1-2H3,(H2,19,20,21). The van der Waals surface area contributed by atoms with Crippen molar-refractivity contribution in [2.75, 3.05) is 0 Å². The number of aromatic nitrogens is 1. The van der Waals surface area contributed by atoms with Gasteiger partial charge in [-0.25, -0.2) is 0 Å². The highest BCUT2D eigenvalue weighted by Gasteiger charge is 2.15. The van der Waals surface area contributed by atoms with Gasteiger partial charge in [-0.2, -0.15) is 0 Å². The second kappa shape index (κ2) is 4.93. The minimum absolute atomic E-state index is 0.0147. The van der Waals surface area contributed by atoms with Gasteiger partial charge in [0, 0.05) is 10.4 Å². The first kappa shape index (κ1) is 13.7. The molecule has 3 nitrogen and oxygen atoms in total. The van der Waals surface area contributed by atoms with Crippen molar-refractivity contribution >= 4 is 22.5 Å². The van der Waals surface area contributed by atoms with Gasteiger partial charge in [-0.3, -0.25) is 4.79 Å². The first-order chi connectivity index (χ1) is 9.97. The van der Waals surface area contributed by atoms with Crippen LogP contribution >= 0.6 is 11.6 Å².